The van der Waals surface area contributed by atoms with Gasteiger partial charge >= 0.3 is 5.69 Å². The van der Waals surface area contributed by atoms with Gasteiger partial charge in [-0.1, -0.05) is 18.2 Å². The summed E-state index contributed by atoms with van der Waals surface area (Å²) in [6, 6.07) is 5.53. The van der Waals surface area contributed by atoms with E-state index in [0.717, 1.165) is 14.9 Å². The summed E-state index contributed by atoms with van der Waals surface area (Å²) in [6.45, 7) is 4.30. The third kappa shape index (κ3) is 3.12. The van der Waals surface area contributed by atoms with Crippen LogP contribution >= 0.6 is 0 Å². The third-order valence-electron chi connectivity index (χ3n) is 3.66. The van der Waals surface area contributed by atoms with Gasteiger partial charge in [0.1, 0.15) is 12.4 Å². The van der Waals surface area contributed by atoms with Crippen LogP contribution in [0.5, 0.6) is 11.6 Å². The minimum absolute atomic E-state index is 0.125. The molecule has 0 aliphatic rings. The number of ether oxygens (including phenoxy) is 2. The molecule has 0 atom stereocenters. The molecule has 0 N–H and O–H groups in total. The number of hydrogen-bond donors (Lipinski definition) is 0. The van der Waals surface area contributed by atoms with Gasteiger partial charge in [-0.05, 0) is 35.9 Å². The van der Waals surface area contributed by atoms with Crippen LogP contribution in [0.4, 0.5) is 0 Å². The molecule has 0 saturated heterocycles. The fourth-order valence-corrected chi connectivity index (χ4v) is 2.41. The molecule has 0 bridgehead atoms. The Hall–Kier alpha value is -3.10. The number of para-hydroxylation sites is 1. The second kappa shape index (κ2) is 6.80. The molecule has 3 aromatic rings. The lowest BCUT2D eigenvalue weighted by Gasteiger charge is -2.10. The van der Waals surface area contributed by atoms with Crippen molar-refractivity contribution >= 4 is 0 Å². The van der Waals surface area contributed by atoms with E-state index in [-0.39, 0.29) is 6.61 Å². The van der Waals surface area contributed by atoms with Gasteiger partial charge in [-0.3, -0.25) is 0 Å². The van der Waals surface area contributed by atoms with Gasteiger partial charge in [-0.15, -0.1) is 9.78 Å². The highest BCUT2D eigenvalue weighted by Gasteiger charge is 2.23. The Morgan fingerprint density at radius 2 is 2.00 bits per heavy atom. The van der Waals surface area contributed by atoms with Gasteiger partial charge in [0.25, 0.3) is 0 Å². The summed E-state index contributed by atoms with van der Waals surface area (Å²) in [5.74, 6) is 1.45. The highest BCUT2D eigenvalue weighted by molar-refractivity contribution is 5.41. The molecule has 9 nitrogen and oxygen atoms in total. The highest BCUT2D eigenvalue weighted by atomic mass is 16.5. The Labute approximate surface area is 145 Å². The average molecular weight is 346 g/mol. The number of nitrogens with zero attached hydrogens (tertiary/aromatic N) is 6. The standard InChI is InChI=1S/C16H20N6O3/c1-5-24-15-12(10-25-13-9-7-6-8-11(13)2)14(17-20(15)3)22-16(23)21(4)18-19-22/h6-9H,5,10H2,1-4H3/i6T. The number of aryl methyl sites for hydroxylation is 3. The van der Waals surface area contributed by atoms with Crippen molar-refractivity contribution in [3.63, 3.8) is 0 Å². The third-order valence-corrected chi connectivity index (χ3v) is 3.66. The molecule has 0 aliphatic heterocycles. The Morgan fingerprint density at radius 1 is 1.20 bits per heavy atom. The summed E-state index contributed by atoms with van der Waals surface area (Å²) < 4.78 is 23.0. The molecule has 0 unspecified atom stereocenters. The van der Waals surface area contributed by atoms with Crippen molar-refractivity contribution in [3.8, 4) is 17.4 Å². The van der Waals surface area contributed by atoms with E-state index in [1.807, 2.05) is 13.8 Å². The maximum absolute atomic E-state index is 12.2. The van der Waals surface area contributed by atoms with Crippen molar-refractivity contribution in [1.82, 2.24) is 29.6 Å². The normalized spacial score (nSPS) is 11.4. The number of rotatable bonds is 6. The summed E-state index contributed by atoms with van der Waals surface area (Å²) in [4.78, 5) is 12.2. The Balaban J connectivity index is 2.01. The van der Waals surface area contributed by atoms with E-state index in [1.165, 1.54) is 7.05 Å². The van der Waals surface area contributed by atoms with E-state index >= 15 is 0 Å². The summed E-state index contributed by atoms with van der Waals surface area (Å²) in [7, 11) is 3.24. The predicted octanol–water partition coefficient (Wildman–Crippen LogP) is 0.986. The molecule has 0 aliphatic carbocycles. The maximum Gasteiger partial charge on any atom is 0.369 e. The maximum atomic E-state index is 12.2. The van der Waals surface area contributed by atoms with E-state index in [2.05, 4.69) is 15.5 Å². The van der Waals surface area contributed by atoms with Gasteiger partial charge in [0.2, 0.25) is 5.88 Å². The first-order chi connectivity index (χ1) is 12.4. The summed E-state index contributed by atoms with van der Waals surface area (Å²) >= 11 is 0. The smallest absolute Gasteiger partial charge is 0.369 e. The zero-order chi connectivity index (χ0) is 18.8. The first kappa shape index (κ1) is 15.4. The first-order valence-corrected chi connectivity index (χ1v) is 7.80. The summed E-state index contributed by atoms with van der Waals surface area (Å²) in [6.07, 6.45) is 0. The van der Waals surface area contributed by atoms with Crippen molar-refractivity contribution in [2.75, 3.05) is 6.61 Å². The van der Waals surface area contributed by atoms with Crippen LogP contribution in [0.2, 0.25) is 0 Å². The van der Waals surface area contributed by atoms with Crippen LogP contribution in [-0.2, 0) is 20.7 Å². The molecule has 0 saturated carbocycles. The van der Waals surface area contributed by atoms with Crippen molar-refractivity contribution < 1.29 is 10.8 Å². The van der Waals surface area contributed by atoms with Crippen molar-refractivity contribution in [3.05, 3.63) is 45.9 Å². The van der Waals surface area contributed by atoms with Crippen LogP contribution in [0.3, 0.4) is 0 Å². The van der Waals surface area contributed by atoms with Gasteiger partial charge < -0.3 is 9.47 Å². The molecule has 25 heavy (non-hydrogen) atoms. The number of benzene rings is 1. The first-order valence-electron chi connectivity index (χ1n) is 8.30. The second-order valence-electron chi connectivity index (χ2n) is 5.44. The topological polar surface area (TPSA) is 89.0 Å². The molecule has 3 rings (SSSR count). The zero-order valence-electron chi connectivity index (χ0n) is 15.6. The Kier molecular flexibility index (Phi) is 4.19. The van der Waals surface area contributed by atoms with Gasteiger partial charge in [-0.25, -0.2) is 9.48 Å². The van der Waals surface area contributed by atoms with Crippen LogP contribution in [0, 0.1) is 6.92 Å². The molecular formula is C16H20N6O3. The van der Waals surface area contributed by atoms with Crippen LogP contribution in [0.25, 0.3) is 5.82 Å². The fraction of sp³-hybridized carbons (Fsp3) is 0.375. The monoisotopic (exact) mass is 346 g/mol. The van der Waals surface area contributed by atoms with Crippen molar-refractivity contribution in [2.45, 2.75) is 20.5 Å². The Bertz CT molecular complexity index is 991. The van der Waals surface area contributed by atoms with E-state index in [4.69, 9.17) is 10.8 Å². The predicted molar refractivity (Wildman–Crippen MR) is 90.0 cm³/mol. The van der Waals surface area contributed by atoms with E-state index in [9.17, 15) is 4.79 Å². The van der Waals surface area contributed by atoms with Gasteiger partial charge in [0.05, 0.1) is 13.5 Å². The molecule has 0 radical (unpaired) electrons. The number of aromatic nitrogens is 6. The fourth-order valence-electron chi connectivity index (χ4n) is 2.41. The zero-order valence-corrected chi connectivity index (χ0v) is 14.6. The largest absolute Gasteiger partial charge is 0.488 e. The van der Waals surface area contributed by atoms with Gasteiger partial charge in [0.15, 0.2) is 5.82 Å². The summed E-state index contributed by atoms with van der Waals surface area (Å²) in [5.41, 5.74) is 1.02. The molecule has 2 heterocycles. The molecule has 132 valence electrons. The Morgan fingerprint density at radius 3 is 2.64 bits per heavy atom. The minimum Gasteiger partial charge on any atom is -0.488 e. The quantitative estimate of drug-likeness (QED) is 0.661. The number of hydrogen-bond acceptors (Lipinski definition) is 6. The van der Waals surface area contributed by atoms with Gasteiger partial charge in [0, 0.05) is 14.1 Å². The van der Waals surface area contributed by atoms with Crippen LogP contribution in [0.1, 0.15) is 19.4 Å². The molecule has 9 heteroatoms. The number of tetrazole rings is 1. The molecule has 0 spiro atoms. The van der Waals surface area contributed by atoms with Crippen LogP contribution in [0.15, 0.2) is 29.0 Å². The van der Waals surface area contributed by atoms with E-state index in [1.54, 1.807) is 29.9 Å². The lowest BCUT2D eigenvalue weighted by Crippen LogP contribution is -2.23. The molecular weight excluding hydrogens is 324 g/mol. The SMILES string of the molecule is [3H]c1ccc(OCc2c(-n3nnn(C)c3=O)nn(C)c2OCC)c(C)c1. The summed E-state index contributed by atoms with van der Waals surface area (Å²) in [5, 5.41) is 11.9. The average Bonchev–Trinajstić information content (AvgIpc) is 3.08. The molecule has 2 aromatic heterocycles. The second-order valence-corrected chi connectivity index (χ2v) is 5.44. The molecule has 0 amide bonds. The van der Waals surface area contributed by atoms with E-state index in [0.29, 0.717) is 35.7 Å². The lowest BCUT2D eigenvalue weighted by molar-refractivity contribution is 0.274. The van der Waals surface area contributed by atoms with Gasteiger partial charge in [-0.2, -0.15) is 4.68 Å². The minimum atomic E-state index is -0.415. The van der Waals surface area contributed by atoms with E-state index < -0.39 is 5.69 Å². The lowest BCUT2D eigenvalue weighted by atomic mass is 10.2. The van der Waals surface area contributed by atoms with Crippen molar-refractivity contribution in [2.24, 2.45) is 14.1 Å². The molecule has 0 fully saturated rings. The molecule has 1 aromatic carbocycles. The van der Waals surface area contributed by atoms with Crippen LogP contribution in [-0.4, -0.2) is 36.2 Å². The van der Waals surface area contributed by atoms with Crippen molar-refractivity contribution in [1.29, 1.82) is 0 Å². The van der Waals surface area contributed by atoms with Crippen LogP contribution < -0.4 is 15.2 Å². The highest BCUT2D eigenvalue weighted by Crippen LogP contribution is 2.26.